The van der Waals surface area contributed by atoms with E-state index in [0.29, 0.717) is 12.6 Å². The molecule has 0 saturated heterocycles. The molecule has 0 radical (unpaired) electrons. The van der Waals surface area contributed by atoms with E-state index in [-0.39, 0.29) is 0 Å². The summed E-state index contributed by atoms with van der Waals surface area (Å²) in [7, 11) is 1.94. The number of nitrogens with zero attached hydrogens (tertiary/aromatic N) is 3. The van der Waals surface area contributed by atoms with Crippen LogP contribution >= 0.6 is 0 Å². The Morgan fingerprint density at radius 2 is 1.94 bits per heavy atom. The number of fused-ring (bicyclic) bond motifs is 1. The molecule has 4 nitrogen and oxygen atoms in total. The molecule has 3 rings (SSSR count). The molecule has 90 valence electrons. The highest BCUT2D eigenvalue weighted by Crippen LogP contribution is 2.21. The number of hydrogen-bond acceptors (Lipinski definition) is 4. The van der Waals surface area contributed by atoms with E-state index in [0.717, 1.165) is 16.8 Å². The first-order chi connectivity index (χ1) is 8.83. The zero-order valence-corrected chi connectivity index (χ0v) is 10.1. The standard InChI is InChI=1S/C14H13N3O/c1-17(10-11-6-4-5-9-15-11)14-16-12-7-2-3-8-13(12)18-14/h2-9H,10H2,1H3. The minimum absolute atomic E-state index is 0.613. The summed E-state index contributed by atoms with van der Waals surface area (Å²) >= 11 is 0. The van der Waals surface area contributed by atoms with Gasteiger partial charge in [0.05, 0.1) is 12.2 Å². The summed E-state index contributed by atoms with van der Waals surface area (Å²) in [5.41, 5.74) is 2.67. The number of benzene rings is 1. The second-order valence-corrected chi connectivity index (χ2v) is 4.14. The van der Waals surface area contributed by atoms with E-state index in [1.165, 1.54) is 0 Å². The Kier molecular flexibility index (Phi) is 2.68. The number of hydrogen-bond donors (Lipinski definition) is 0. The largest absolute Gasteiger partial charge is 0.423 e. The van der Waals surface area contributed by atoms with Gasteiger partial charge in [-0.1, -0.05) is 18.2 Å². The molecule has 0 atom stereocenters. The maximum Gasteiger partial charge on any atom is 0.298 e. The van der Waals surface area contributed by atoms with Crippen LogP contribution in [0.3, 0.4) is 0 Å². The summed E-state index contributed by atoms with van der Waals surface area (Å²) in [6, 6.07) is 14.2. The number of anilines is 1. The molecule has 0 amide bonds. The molecule has 18 heavy (non-hydrogen) atoms. The second kappa shape index (κ2) is 4.49. The molecule has 3 aromatic rings. The fourth-order valence-corrected chi connectivity index (χ4v) is 1.83. The second-order valence-electron chi connectivity index (χ2n) is 4.14. The Labute approximate surface area is 105 Å². The molecule has 0 spiro atoms. The molecule has 0 saturated carbocycles. The van der Waals surface area contributed by atoms with E-state index >= 15 is 0 Å². The van der Waals surface area contributed by atoms with Gasteiger partial charge in [-0.25, -0.2) is 0 Å². The van der Waals surface area contributed by atoms with Crippen molar-refractivity contribution >= 4 is 17.1 Å². The lowest BCUT2D eigenvalue weighted by Crippen LogP contribution is -2.17. The lowest BCUT2D eigenvalue weighted by Gasteiger charge is -2.13. The average Bonchev–Trinajstić information content (AvgIpc) is 2.84. The molecule has 1 aromatic carbocycles. The van der Waals surface area contributed by atoms with Gasteiger partial charge >= 0.3 is 0 Å². The number of aromatic nitrogens is 2. The SMILES string of the molecule is CN(Cc1ccccn1)c1nc2ccccc2o1. The molecule has 2 heterocycles. The van der Waals surface area contributed by atoms with E-state index in [1.54, 1.807) is 6.20 Å². The first-order valence-electron chi connectivity index (χ1n) is 5.79. The van der Waals surface area contributed by atoms with Crippen LogP contribution in [0.5, 0.6) is 0 Å². The van der Waals surface area contributed by atoms with E-state index in [9.17, 15) is 0 Å². The van der Waals surface area contributed by atoms with Crippen LogP contribution in [-0.2, 0) is 6.54 Å². The van der Waals surface area contributed by atoms with Crippen molar-refractivity contribution in [2.24, 2.45) is 0 Å². The molecular weight excluding hydrogens is 226 g/mol. The van der Waals surface area contributed by atoms with Crippen LogP contribution in [0.1, 0.15) is 5.69 Å². The number of pyridine rings is 1. The first kappa shape index (κ1) is 10.8. The topological polar surface area (TPSA) is 42.2 Å². The quantitative estimate of drug-likeness (QED) is 0.704. The first-order valence-corrected chi connectivity index (χ1v) is 5.79. The van der Waals surface area contributed by atoms with Gasteiger partial charge in [-0.2, -0.15) is 4.98 Å². The van der Waals surface area contributed by atoms with Gasteiger partial charge in [0.25, 0.3) is 6.01 Å². The molecule has 4 heteroatoms. The van der Waals surface area contributed by atoms with Crippen LogP contribution in [0.4, 0.5) is 6.01 Å². The minimum Gasteiger partial charge on any atom is -0.423 e. The predicted molar refractivity (Wildman–Crippen MR) is 70.4 cm³/mol. The third-order valence-electron chi connectivity index (χ3n) is 2.73. The van der Waals surface area contributed by atoms with Gasteiger partial charge in [0.2, 0.25) is 0 Å². The average molecular weight is 239 g/mol. The van der Waals surface area contributed by atoms with Crippen molar-refractivity contribution in [3.63, 3.8) is 0 Å². The third-order valence-corrected chi connectivity index (χ3v) is 2.73. The summed E-state index contributed by atoms with van der Waals surface area (Å²) < 4.78 is 5.69. The fraction of sp³-hybridized carbons (Fsp3) is 0.143. The van der Waals surface area contributed by atoms with Crippen molar-refractivity contribution in [2.75, 3.05) is 11.9 Å². The lowest BCUT2D eigenvalue weighted by molar-refractivity contribution is 0.581. The van der Waals surface area contributed by atoms with Gasteiger partial charge in [-0.15, -0.1) is 0 Å². The highest BCUT2D eigenvalue weighted by Gasteiger charge is 2.10. The monoisotopic (exact) mass is 239 g/mol. The van der Waals surface area contributed by atoms with Crippen LogP contribution in [0, 0.1) is 0 Å². The number of para-hydroxylation sites is 2. The molecule has 0 bridgehead atoms. The molecule has 0 aliphatic carbocycles. The van der Waals surface area contributed by atoms with Crippen LogP contribution in [0.2, 0.25) is 0 Å². The summed E-state index contributed by atoms with van der Waals surface area (Å²) in [6.07, 6.45) is 1.79. The summed E-state index contributed by atoms with van der Waals surface area (Å²) in [5, 5.41) is 0. The third kappa shape index (κ3) is 2.05. The Balaban J connectivity index is 1.86. The van der Waals surface area contributed by atoms with E-state index in [1.807, 2.05) is 54.4 Å². The molecule has 2 aromatic heterocycles. The zero-order chi connectivity index (χ0) is 12.4. The molecule has 0 aliphatic rings. The smallest absolute Gasteiger partial charge is 0.298 e. The number of rotatable bonds is 3. The van der Waals surface area contributed by atoms with Gasteiger partial charge in [0, 0.05) is 13.2 Å². The van der Waals surface area contributed by atoms with Crippen molar-refractivity contribution in [1.29, 1.82) is 0 Å². The Morgan fingerprint density at radius 1 is 1.11 bits per heavy atom. The van der Waals surface area contributed by atoms with E-state index < -0.39 is 0 Å². The van der Waals surface area contributed by atoms with E-state index in [4.69, 9.17) is 4.42 Å². The van der Waals surface area contributed by atoms with Crippen molar-refractivity contribution < 1.29 is 4.42 Å². The van der Waals surface area contributed by atoms with Crippen LogP contribution in [0.25, 0.3) is 11.1 Å². The lowest BCUT2D eigenvalue weighted by atomic mass is 10.3. The minimum atomic E-state index is 0.613. The van der Waals surface area contributed by atoms with Crippen LogP contribution in [-0.4, -0.2) is 17.0 Å². The van der Waals surface area contributed by atoms with E-state index in [2.05, 4.69) is 9.97 Å². The van der Waals surface area contributed by atoms with Gasteiger partial charge in [0.15, 0.2) is 5.58 Å². The molecule has 0 N–H and O–H groups in total. The number of oxazole rings is 1. The Morgan fingerprint density at radius 3 is 2.72 bits per heavy atom. The molecule has 0 unspecified atom stereocenters. The van der Waals surface area contributed by atoms with Crippen molar-refractivity contribution in [3.8, 4) is 0 Å². The van der Waals surface area contributed by atoms with Gasteiger partial charge in [0.1, 0.15) is 5.52 Å². The summed E-state index contributed by atoms with van der Waals surface area (Å²) in [4.78, 5) is 10.7. The fourth-order valence-electron chi connectivity index (χ4n) is 1.83. The van der Waals surface area contributed by atoms with Crippen molar-refractivity contribution in [2.45, 2.75) is 6.54 Å². The molecule has 0 fully saturated rings. The van der Waals surface area contributed by atoms with Gasteiger partial charge < -0.3 is 9.32 Å². The maximum atomic E-state index is 5.69. The normalized spacial score (nSPS) is 10.7. The van der Waals surface area contributed by atoms with Crippen LogP contribution < -0.4 is 4.90 Å². The van der Waals surface area contributed by atoms with Crippen LogP contribution in [0.15, 0.2) is 53.1 Å². The Bertz CT molecular complexity index is 615. The summed E-state index contributed by atoms with van der Waals surface area (Å²) in [6.45, 7) is 0.674. The highest BCUT2D eigenvalue weighted by atomic mass is 16.4. The zero-order valence-electron chi connectivity index (χ0n) is 10.1. The molecular formula is C14H13N3O. The van der Waals surface area contributed by atoms with Crippen molar-refractivity contribution in [3.05, 3.63) is 54.4 Å². The predicted octanol–water partition coefficient (Wildman–Crippen LogP) is 2.86. The molecule has 0 aliphatic heterocycles. The Hall–Kier alpha value is -2.36. The van der Waals surface area contributed by atoms with Gasteiger partial charge in [-0.05, 0) is 24.3 Å². The van der Waals surface area contributed by atoms with Crippen molar-refractivity contribution in [1.82, 2.24) is 9.97 Å². The highest BCUT2D eigenvalue weighted by molar-refractivity contribution is 5.74. The maximum absolute atomic E-state index is 5.69. The summed E-state index contributed by atoms with van der Waals surface area (Å²) in [5.74, 6) is 0. The van der Waals surface area contributed by atoms with Gasteiger partial charge in [-0.3, -0.25) is 4.98 Å².